The number of aromatic nitrogens is 1. The third kappa shape index (κ3) is 7.31. The van der Waals surface area contributed by atoms with Crippen molar-refractivity contribution < 1.29 is 49.3 Å². The molecule has 0 radical (unpaired) electrons. The highest BCUT2D eigenvalue weighted by molar-refractivity contribution is 6.30. The van der Waals surface area contributed by atoms with E-state index in [1.54, 1.807) is 18.2 Å². The lowest BCUT2D eigenvalue weighted by atomic mass is 9.79. The van der Waals surface area contributed by atoms with Crippen LogP contribution < -0.4 is 26.3 Å². The molecule has 5 atom stereocenters. The van der Waals surface area contributed by atoms with Crippen LogP contribution in [-0.4, -0.2) is 99.0 Å². The Hall–Kier alpha value is -5.58. The Morgan fingerprint density at radius 2 is 1.74 bits per heavy atom. The van der Waals surface area contributed by atoms with Gasteiger partial charge < -0.3 is 56.5 Å². The summed E-state index contributed by atoms with van der Waals surface area (Å²) in [5.74, 6) is -1.59. The average molecular weight is 742 g/mol. The number of aromatic hydroxyl groups is 1. The molecular weight excluding hydrogens is 698 g/mol. The number of nitrogen functional groups attached to an aromatic ring is 1. The highest BCUT2D eigenvalue weighted by Crippen LogP contribution is 2.43. The number of hydrogen-bond acceptors (Lipinski definition) is 13. The Balaban J connectivity index is 1.35. The van der Waals surface area contributed by atoms with Gasteiger partial charge in [0.15, 0.2) is 11.7 Å². The Kier molecular flexibility index (Phi) is 11.2. The zero-order valence-corrected chi connectivity index (χ0v) is 29.7. The first kappa shape index (κ1) is 38.2. The molecule has 2 heterocycles. The van der Waals surface area contributed by atoms with E-state index in [-0.39, 0.29) is 64.9 Å². The summed E-state index contributed by atoms with van der Waals surface area (Å²) in [6, 6.07) is 17.2. The van der Waals surface area contributed by atoms with Crippen molar-refractivity contribution in [2.75, 3.05) is 26.5 Å². The van der Waals surface area contributed by atoms with Gasteiger partial charge in [-0.25, -0.2) is 4.98 Å². The third-order valence-corrected chi connectivity index (χ3v) is 10.0. The molecule has 6 rings (SSSR count). The highest BCUT2D eigenvalue weighted by atomic mass is 16.7. The van der Waals surface area contributed by atoms with Crippen LogP contribution in [0, 0.1) is 0 Å². The zero-order chi connectivity index (χ0) is 38.7. The maximum Gasteiger partial charge on any atom is 0.229 e. The molecule has 0 bridgehead atoms. The number of carbonyl (C=O) groups is 2. The molecule has 2 aliphatic rings. The lowest BCUT2D eigenvalue weighted by Crippen LogP contribution is -2.68. The van der Waals surface area contributed by atoms with Crippen LogP contribution in [0.15, 0.2) is 71.9 Å². The van der Waals surface area contributed by atoms with Crippen molar-refractivity contribution in [2.24, 2.45) is 10.7 Å². The van der Waals surface area contributed by atoms with Gasteiger partial charge in [0, 0.05) is 42.5 Å². The molecule has 15 nitrogen and oxygen atoms in total. The fourth-order valence-electron chi connectivity index (χ4n) is 6.98. The van der Waals surface area contributed by atoms with Crippen LogP contribution in [0.1, 0.15) is 60.5 Å². The number of carbonyl (C=O) groups excluding carboxylic acids is 2. The van der Waals surface area contributed by atoms with E-state index in [0.717, 1.165) is 5.56 Å². The van der Waals surface area contributed by atoms with Gasteiger partial charge in [-0.1, -0.05) is 30.3 Å². The van der Waals surface area contributed by atoms with E-state index < -0.39 is 54.1 Å². The molecule has 15 heteroatoms. The molecule has 1 aliphatic carbocycles. The Labute approximate surface area is 310 Å². The number of nitrogens with zero attached hydrogens (tertiary/aromatic N) is 2. The molecule has 0 unspecified atom stereocenters. The average Bonchev–Trinajstić information content (AvgIpc) is 3.18. The van der Waals surface area contributed by atoms with Crippen LogP contribution in [0.4, 0.5) is 5.82 Å². The number of anilines is 1. The maximum absolute atomic E-state index is 14.4. The minimum Gasteiger partial charge on any atom is -0.507 e. The summed E-state index contributed by atoms with van der Waals surface area (Å²) < 4.78 is 17.3. The summed E-state index contributed by atoms with van der Waals surface area (Å²) in [4.78, 5) is 36.5. The molecule has 4 aromatic rings. The van der Waals surface area contributed by atoms with Gasteiger partial charge in [-0.05, 0) is 66.6 Å². The Morgan fingerprint density at radius 3 is 2.43 bits per heavy atom. The second kappa shape index (κ2) is 15.8. The van der Waals surface area contributed by atoms with Crippen molar-refractivity contribution in [2.45, 2.75) is 62.4 Å². The van der Waals surface area contributed by atoms with Crippen LogP contribution >= 0.6 is 0 Å². The van der Waals surface area contributed by atoms with E-state index in [1.165, 1.54) is 32.5 Å². The molecule has 3 aromatic carbocycles. The summed E-state index contributed by atoms with van der Waals surface area (Å²) in [7, 11) is 2.84. The van der Waals surface area contributed by atoms with Gasteiger partial charge in [0.05, 0.1) is 24.8 Å². The minimum absolute atomic E-state index is 0.00724. The number of hydrogen-bond donors (Lipinski definition) is 8. The first-order chi connectivity index (χ1) is 25.9. The Bertz CT molecular complexity index is 2070. The standard InChI is InChI=1S/C39H43N5O10/c1-42-38(41)44-18-26-22(9-8-20-6-4-3-5-7-20)15-24-31(33(26)47)34(48)30-25(32(24)46)16-23(52-2)17-27(30)53-37-35(49)36(50)39(51,28(19-45)54-37)12-10-21-11-13-43-29(40)14-21/h3-7,11,13-17,28,35-37,45,47,49-51H,8-10,12,18-19H2,1-2H3,(H2,40,43)(H3,41,42,44)/t28-,35-,36-,37-,39-/m1/s1. The number of methoxy groups -OCH3 is 1. The van der Waals surface area contributed by atoms with Crippen molar-refractivity contribution >= 4 is 23.3 Å². The summed E-state index contributed by atoms with van der Waals surface area (Å²) >= 11 is 0. The summed E-state index contributed by atoms with van der Waals surface area (Å²) in [5, 5.41) is 59.0. The maximum atomic E-state index is 14.4. The summed E-state index contributed by atoms with van der Waals surface area (Å²) in [6.45, 7) is -0.781. The van der Waals surface area contributed by atoms with E-state index in [2.05, 4.69) is 15.3 Å². The molecule has 1 saturated heterocycles. The number of guanidine groups is 1. The van der Waals surface area contributed by atoms with E-state index in [4.69, 9.17) is 25.7 Å². The number of aliphatic hydroxyl groups excluding tert-OH is 3. The van der Waals surface area contributed by atoms with Crippen LogP contribution in [0.2, 0.25) is 0 Å². The SMILES string of the molecule is CN=C(N)NCc1c(CCc2ccccc2)cc2c(c1O)C(=O)c1c(O[C@@H]3O[C@H](CO)[C@](O)(CCc4ccnc(N)c4)[C@H](O)[C@H]3O)cc(OC)cc1C2=O. The van der Waals surface area contributed by atoms with E-state index in [0.29, 0.717) is 29.5 Å². The highest BCUT2D eigenvalue weighted by Gasteiger charge is 2.55. The zero-order valence-electron chi connectivity index (χ0n) is 29.7. The normalized spacial score (nSPS) is 22.4. The predicted molar refractivity (Wildman–Crippen MR) is 197 cm³/mol. The number of aryl methyl sites for hydroxylation is 3. The smallest absolute Gasteiger partial charge is 0.229 e. The van der Waals surface area contributed by atoms with Crippen LogP contribution in [0.3, 0.4) is 0 Å². The minimum atomic E-state index is -2.13. The summed E-state index contributed by atoms with van der Waals surface area (Å²) in [6.07, 6.45) is -4.45. The molecule has 1 fully saturated rings. The number of pyridine rings is 1. The molecule has 0 spiro atoms. The van der Waals surface area contributed by atoms with Gasteiger partial charge in [0.1, 0.15) is 47.0 Å². The number of nitrogens with one attached hydrogen (secondary N) is 1. The molecule has 1 aromatic heterocycles. The number of nitrogens with two attached hydrogens (primary N) is 2. The number of fused-ring (bicyclic) bond motifs is 2. The quantitative estimate of drug-likeness (QED) is 0.0660. The summed E-state index contributed by atoms with van der Waals surface area (Å²) in [5.41, 5.74) is 11.6. The largest absolute Gasteiger partial charge is 0.507 e. The lowest BCUT2D eigenvalue weighted by molar-refractivity contribution is -0.314. The van der Waals surface area contributed by atoms with Crippen molar-refractivity contribution in [3.63, 3.8) is 0 Å². The number of ketones is 2. The number of benzene rings is 3. The monoisotopic (exact) mass is 741 g/mol. The van der Waals surface area contributed by atoms with Gasteiger partial charge in [-0.2, -0.15) is 0 Å². The van der Waals surface area contributed by atoms with Gasteiger partial charge in [-0.15, -0.1) is 0 Å². The molecule has 0 amide bonds. The number of rotatable bonds is 12. The number of ether oxygens (including phenoxy) is 3. The number of phenols is 1. The fourth-order valence-corrected chi connectivity index (χ4v) is 6.98. The number of aliphatic imine (C=N–C) groups is 1. The molecule has 10 N–H and O–H groups in total. The van der Waals surface area contributed by atoms with Crippen LogP contribution in [0.25, 0.3) is 0 Å². The van der Waals surface area contributed by atoms with E-state index in [9.17, 15) is 35.1 Å². The van der Waals surface area contributed by atoms with Crippen molar-refractivity contribution in [1.82, 2.24) is 10.3 Å². The molecular formula is C39H43N5O10. The fraction of sp³-hybridized carbons (Fsp3) is 0.333. The Morgan fingerprint density at radius 1 is 1.00 bits per heavy atom. The van der Waals surface area contributed by atoms with Gasteiger partial charge >= 0.3 is 0 Å². The molecule has 54 heavy (non-hydrogen) atoms. The van der Waals surface area contributed by atoms with Crippen molar-refractivity contribution in [1.29, 1.82) is 0 Å². The number of aliphatic hydroxyl groups is 4. The van der Waals surface area contributed by atoms with Gasteiger partial charge in [0.25, 0.3) is 0 Å². The van der Waals surface area contributed by atoms with Gasteiger partial charge in [0.2, 0.25) is 12.1 Å². The number of phenolic OH excluding ortho intramolecular Hbond substituents is 1. The topological polar surface area (TPSA) is 252 Å². The van der Waals surface area contributed by atoms with Crippen LogP contribution in [0.5, 0.6) is 17.2 Å². The lowest BCUT2D eigenvalue weighted by Gasteiger charge is -2.47. The van der Waals surface area contributed by atoms with Crippen LogP contribution in [-0.2, 0) is 30.5 Å². The second-order valence-electron chi connectivity index (χ2n) is 13.2. The molecule has 0 saturated carbocycles. The second-order valence-corrected chi connectivity index (χ2v) is 13.2. The van der Waals surface area contributed by atoms with E-state index in [1.807, 2.05) is 30.3 Å². The van der Waals surface area contributed by atoms with Crippen molar-refractivity contribution in [3.8, 4) is 17.2 Å². The molecule has 1 aliphatic heterocycles. The third-order valence-electron chi connectivity index (χ3n) is 10.0. The van der Waals surface area contributed by atoms with Gasteiger partial charge in [-0.3, -0.25) is 14.6 Å². The first-order valence-electron chi connectivity index (χ1n) is 17.3. The first-order valence-corrected chi connectivity index (χ1v) is 17.3. The van der Waals surface area contributed by atoms with E-state index >= 15 is 0 Å². The van der Waals surface area contributed by atoms with Crippen molar-refractivity contribution in [3.05, 3.63) is 111 Å². The predicted octanol–water partition coefficient (Wildman–Crippen LogP) is 1.15. The molecule has 284 valence electrons.